The van der Waals surface area contributed by atoms with Gasteiger partial charge in [0.1, 0.15) is 16.7 Å². The topological polar surface area (TPSA) is 79.7 Å². The van der Waals surface area contributed by atoms with Crippen molar-refractivity contribution < 1.29 is 23.8 Å². The molecule has 0 aliphatic rings. The lowest BCUT2D eigenvalue weighted by atomic mass is 10.1. The van der Waals surface area contributed by atoms with Crippen molar-refractivity contribution >= 4 is 29.4 Å². The van der Waals surface area contributed by atoms with Gasteiger partial charge in [-0.1, -0.05) is 25.4 Å². The fourth-order valence-electron chi connectivity index (χ4n) is 2.67. The molecule has 0 bridgehead atoms. The van der Waals surface area contributed by atoms with Crippen molar-refractivity contribution in [3.63, 3.8) is 0 Å². The summed E-state index contributed by atoms with van der Waals surface area (Å²) in [5.41, 5.74) is 1.66. The van der Waals surface area contributed by atoms with Crippen molar-refractivity contribution in [3.05, 3.63) is 46.2 Å². The lowest BCUT2D eigenvalue weighted by Crippen LogP contribution is -2.13. The second-order valence-electron chi connectivity index (χ2n) is 6.80. The third kappa shape index (κ3) is 5.84. The van der Waals surface area contributed by atoms with Gasteiger partial charge in [-0.3, -0.25) is 9.48 Å². The normalized spacial score (nSPS) is 11.1. The summed E-state index contributed by atoms with van der Waals surface area (Å²) in [5, 5.41) is 4.84. The van der Waals surface area contributed by atoms with Crippen LogP contribution < -0.4 is 9.47 Å². The Balaban J connectivity index is 2.02. The number of ketones is 1. The summed E-state index contributed by atoms with van der Waals surface area (Å²) in [6.45, 7) is 6.21. The highest BCUT2D eigenvalue weighted by atomic mass is 35.5. The number of hydrogen-bond acceptors (Lipinski definition) is 6. The summed E-state index contributed by atoms with van der Waals surface area (Å²) in [6, 6.07) is 4.79. The van der Waals surface area contributed by atoms with Gasteiger partial charge < -0.3 is 14.2 Å². The number of aryl methyl sites for hydroxylation is 1. The minimum Gasteiger partial charge on any atom is -0.497 e. The largest absolute Gasteiger partial charge is 0.497 e. The van der Waals surface area contributed by atoms with Gasteiger partial charge in [-0.25, -0.2) is 4.79 Å². The summed E-state index contributed by atoms with van der Waals surface area (Å²) >= 11 is 6.34. The zero-order valence-electron chi connectivity index (χ0n) is 17.2. The summed E-state index contributed by atoms with van der Waals surface area (Å²) in [4.78, 5) is 24.4. The molecule has 2 rings (SSSR count). The maximum atomic E-state index is 12.4. The Morgan fingerprint density at radius 1 is 1.24 bits per heavy atom. The second kappa shape index (κ2) is 10.1. The standard InChI is InChI=1S/C21H25ClN2O5/c1-13(2)11-24-21(22)16(14(3)23-24)8-9-20(26)29-12-18(25)17-7-6-15(27-4)10-19(17)28-5/h6-10,13H,11-12H2,1-5H3/b9-8+. The highest BCUT2D eigenvalue weighted by Gasteiger charge is 2.16. The van der Waals surface area contributed by atoms with Gasteiger partial charge in [0.2, 0.25) is 5.78 Å². The number of esters is 1. The Labute approximate surface area is 175 Å². The molecular weight excluding hydrogens is 396 g/mol. The van der Waals surface area contributed by atoms with Gasteiger partial charge >= 0.3 is 5.97 Å². The summed E-state index contributed by atoms with van der Waals surface area (Å²) in [6.07, 6.45) is 2.77. The van der Waals surface area contributed by atoms with Crippen molar-refractivity contribution in [1.82, 2.24) is 9.78 Å². The average molecular weight is 421 g/mol. The molecule has 8 heteroatoms. The van der Waals surface area contributed by atoms with Crippen LogP contribution in [0.15, 0.2) is 24.3 Å². The number of hydrogen-bond donors (Lipinski definition) is 0. The molecule has 0 amide bonds. The highest BCUT2D eigenvalue weighted by Crippen LogP contribution is 2.25. The summed E-state index contributed by atoms with van der Waals surface area (Å²) in [7, 11) is 2.97. The van der Waals surface area contributed by atoms with Gasteiger partial charge in [0, 0.05) is 24.3 Å². The minimum atomic E-state index is -0.655. The van der Waals surface area contributed by atoms with Gasteiger partial charge in [0.05, 0.1) is 25.5 Å². The molecule has 156 valence electrons. The van der Waals surface area contributed by atoms with Crippen molar-refractivity contribution in [3.8, 4) is 11.5 Å². The fourth-order valence-corrected chi connectivity index (χ4v) is 2.97. The van der Waals surface area contributed by atoms with Crippen LogP contribution in [0.1, 0.15) is 35.5 Å². The first-order valence-corrected chi connectivity index (χ1v) is 9.47. The SMILES string of the molecule is COc1ccc(C(=O)COC(=O)/C=C/c2c(C)nn(CC(C)C)c2Cl)c(OC)c1. The highest BCUT2D eigenvalue weighted by molar-refractivity contribution is 6.31. The van der Waals surface area contributed by atoms with Crippen molar-refractivity contribution in [2.45, 2.75) is 27.3 Å². The second-order valence-corrected chi connectivity index (χ2v) is 7.15. The van der Waals surface area contributed by atoms with E-state index in [2.05, 4.69) is 18.9 Å². The van der Waals surface area contributed by atoms with E-state index in [1.807, 2.05) is 6.92 Å². The number of benzene rings is 1. The maximum Gasteiger partial charge on any atom is 0.331 e. The predicted octanol–water partition coefficient (Wildman–Crippen LogP) is 3.96. The van der Waals surface area contributed by atoms with Crippen LogP contribution in [0.25, 0.3) is 6.08 Å². The van der Waals surface area contributed by atoms with Gasteiger partial charge in [0.25, 0.3) is 0 Å². The lowest BCUT2D eigenvalue weighted by molar-refractivity contribution is -0.136. The van der Waals surface area contributed by atoms with Crippen LogP contribution in [-0.2, 0) is 16.1 Å². The van der Waals surface area contributed by atoms with Crippen LogP contribution >= 0.6 is 11.6 Å². The number of methoxy groups -OCH3 is 2. The van der Waals surface area contributed by atoms with Crippen LogP contribution in [0, 0.1) is 12.8 Å². The van der Waals surface area contributed by atoms with E-state index in [1.165, 1.54) is 20.3 Å². The number of carbonyl (C=O) groups is 2. The monoisotopic (exact) mass is 420 g/mol. The summed E-state index contributed by atoms with van der Waals surface area (Å²) < 4.78 is 17.1. The molecule has 0 N–H and O–H groups in total. The number of halogens is 1. The number of carbonyl (C=O) groups excluding carboxylic acids is 2. The molecular formula is C21H25ClN2O5. The predicted molar refractivity (Wildman–Crippen MR) is 111 cm³/mol. The molecule has 1 heterocycles. The molecule has 0 spiro atoms. The van der Waals surface area contributed by atoms with Crippen molar-refractivity contribution in [2.24, 2.45) is 5.92 Å². The molecule has 0 aliphatic carbocycles. The molecule has 1 aromatic carbocycles. The molecule has 2 aromatic rings. The molecule has 29 heavy (non-hydrogen) atoms. The molecule has 0 radical (unpaired) electrons. The van der Waals surface area contributed by atoms with E-state index in [-0.39, 0.29) is 5.78 Å². The zero-order chi connectivity index (χ0) is 21.6. The van der Waals surface area contributed by atoms with Crippen LogP contribution in [0.3, 0.4) is 0 Å². The number of rotatable bonds is 9. The smallest absolute Gasteiger partial charge is 0.331 e. The van der Waals surface area contributed by atoms with Crippen LogP contribution in [0.2, 0.25) is 5.15 Å². The van der Waals surface area contributed by atoms with E-state index in [1.54, 1.807) is 29.0 Å². The molecule has 1 aromatic heterocycles. The minimum absolute atomic E-state index is 0.305. The van der Waals surface area contributed by atoms with Gasteiger partial charge in [-0.05, 0) is 31.1 Å². The fraction of sp³-hybridized carbons (Fsp3) is 0.381. The van der Waals surface area contributed by atoms with E-state index >= 15 is 0 Å². The molecule has 0 fully saturated rings. The average Bonchev–Trinajstić information content (AvgIpc) is 2.95. The Bertz CT molecular complexity index is 918. The molecule has 0 saturated heterocycles. The number of nitrogens with zero attached hydrogens (tertiary/aromatic N) is 2. The van der Waals surface area contributed by atoms with E-state index < -0.39 is 12.6 Å². The maximum absolute atomic E-state index is 12.4. The number of Topliss-reactive ketones (excluding diaryl/α,β-unsaturated/α-hetero) is 1. The quantitative estimate of drug-likeness (QED) is 0.347. The van der Waals surface area contributed by atoms with E-state index in [9.17, 15) is 9.59 Å². The third-order valence-electron chi connectivity index (χ3n) is 4.09. The van der Waals surface area contributed by atoms with E-state index in [0.29, 0.717) is 45.9 Å². The van der Waals surface area contributed by atoms with Gasteiger partial charge in [-0.15, -0.1) is 0 Å². The van der Waals surface area contributed by atoms with Gasteiger partial charge in [0.15, 0.2) is 6.61 Å². The first-order chi connectivity index (χ1) is 13.8. The van der Waals surface area contributed by atoms with Crippen LogP contribution in [0.4, 0.5) is 0 Å². The first-order valence-electron chi connectivity index (χ1n) is 9.09. The number of aromatic nitrogens is 2. The van der Waals surface area contributed by atoms with Crippen LogP contribution in [-0.4, -0.2) is 42.4 Å². The molecule has 0 unspecified atom stereocenters. The Morgan fingerprint density at radius 3 is 2.59 bits per heavy atom. The zero-order valence-corrected chi connectivity index (χ0v) is 17.9. The Hall–Kier alpha value is -2.80. The summed E-state index contributed by atoms with van der Waals surface area (Å²) in [5.74, 6) is 0.252. The van der Waals surface area contributed by atoms with Crippen molar-refractivity contribution in [1.29, 1.82) is 0 Å². The molecule has 0 aliphatic heterocycles. The Kier molecular flexibility index (Phi) is 7.84. The number of ether oxygens (including phenoxy) is 3. The van der Waals surface area contributed by atoms with Crippen LogP contribution in [0.5, 0.6) is 11.5 Å². The molecule has 0 atom stereocenters. The lowest BCUT2D eigenvalue weighted by Gasteiger charge is -2.09. The van der Waals surface area contributed by atoms with E-state index in [4.69, 9.17) is 25.8 Å². The van der Waals surface area contributed by atoms with E-state index in [0.717, 1.165) is 0 Å². The third-order valence-corrected chi connectivity index (χ3v) is 4.49. The molecule has 0 saturated carbocycles. The Morgan fingerprint density at radius 2 is 1.97 bits per heavy atom. The molecule has 7 nitrogen and oxygen atoms in total. The van der Waals surface area contributed by atoms with Gasteiger partial charge in [-0.2, -0.15) is 5.10 Å². The first kappa shape index (κ1) is 22.5. The van der Waals surface area contributed by atoms with Crippen molar-refractivity contribution in [2.75, 3.05) is 20.8 Å².